The standard InChI is InChI=1S/C11H8BrF3N2/c12-10-5-6-16-17(10)7-8-1-3-9(4-2-8)11(13,14)15/h1-6H,7H2. The number of rotatable bonds is 2. The van der Waals surface area contributed by atoms with Crippen LogP contribution in [-0.2, 0) is 12.7 Å². The lowest BCUT2D eigenvalue weighted by molar-refractivity contribution is -0.137. The number of halogens is 4. The lowest BCUT2D eigenvalue weighted by Crippen LogP contribution is -2.06. The summed E-state index contributed by atoms with van der Waals surface area (Å²) < 4.78 is 39.5. The highest BCUT2D eigenvalue weighted by Crippen LogP contribution is 2.29. The van der Waals surface area contributed by atoms with Gasteiger partial charge in [-0.3, -0.25) is 4.68 Å². The van der Waals surface area contributed by atoms with Crippen LogP contribution in [0.2, 0.25) is 0 Å². The topological polar surface area (TPSA) is 17.8 Å². The van der Waals surface area contributed by atoms with Crippen LogP contribution in [0.1, 0.15) is 11.1 Å². The summed E-state index contributed by atoms with van der Waals surface area (Å²) in [5, 5.41) is 4.03. The second kappa shape index (κ2) is 4.52. The Labute approximate surface area is 104 Å². The maximum atomic E-state index is 12.3. The van der Waals surface area contributed by atoms with Crippen molar-refractivity contribution in [3.63, 3.8) is 0 Å². The Hall–Kier alpha value is -1.30. The van der Waals surface area contributed by atoms with E-state index >= 15 is 0 Å². The van der Waals surface area contributed by atoms with Crippen molar-refractivity contribution >= 4 is 15.9 Å². The summed E-state index contributed by atoms with van der Waals surface area (Å²) in [6.45, 7) is 0.436. The lowest BCUT2D eigenvalue weighted by atomic mass is 10.1. The molecule has 1 aromatic heterocycles. The Morgan fingerprint density at radius 3 is 2.24 bits per heavy atom. The Morgan fingerprint density at radius 1 is 1.12 bits per heavy atom. The molecule has 0 bridgehead atoms. The largest absolute Gasteiger partial charge is 0.416 e. The molecule has 90 valence electrons. The van der Waals surface area contributed by atoms with Crippen molar-refractivity contribution in [2.45, 2.75) is 12.7 Å². The fourth-order valence-corrected chi connectivity index (χ4v) is 1.74. The third-order valence-electron chi connectivity index (χ3n) is 2.28. The first-order valence-electron chi connectivity index (χ1n) is 4.80. The van der Waals surface area contributed by atoms with Crippen molar-refractivity contribution in [3.8, 4) is 0 Å². The van der Waals surface area contributed by atoms with Crippen molar-refractivity contribution in [2.75, 3.05) is 0 Å². The van der Waals surface area contributed by atoms with Crippen LogP contribution in [0.4, 0.5) is 13.2 Å². The first-order valence-corrected chi connectivity index (χ1v) is 5.59. The van der Waals surface area contributed by atoms with Crippen molar-refractivity contribution in [3.05, 3.63) is 52.3 Å². The molecule has 17 heavy (non-hydrogen) atoms. The smallest absolute Gasteiger partial charge is 0.254 e. The van der Waals surface area contributed by atoms with E-state index in [4.69, 9.17) is 0 Å². The molecule has 0 saturated carbocycles. The molecule has 1 aromatic carbocycles. The van der Waals surface area contributed by atoms with Crippen molar-refractivity contribution < 1.29 is 13.2 Å². The molecule has 0 unspecified atom stereocenters. The second-order valence-electron chi connectivity index (χ2n) is 3.51. The van der Waals surface area contributed by atoms with Crippen LogP contribution < -0.4 is 0 Å². The van der Waals surface area contributed by atoms with E-state index in [1.165, 1.54) is 12.1 Å². The van der Waals surface area contributed by atoms with Gasteiger partial charge < -0.3 is 0 Å². The molecular weight excluding hydrogens is 297 g/mol. The molecule has 2 rings (SSSR count). The minimum Gasteiger partial charge on any atom is -0.254 e. The Morgan fingerprint density at radius 2 is 1.76 bits per heavy atom. The summed E-state index contributed by atoms with van der Waals surface area (Å²) in [5.74, 6) is 0. The molecule has 0 atom stereocenters. The lowest BCUT2D eigenvalue weighted by Gasteiger charge is -2.08. The third-order valence-corrected chi connectivity index (χ3v) is 2.95. The molecule has 0 radical (unpaired) electrons. The van der Waals surface area contributed by atoms with E-state index in [1.54, 1.807) is 16.9 Å². The molecule has 0 aliphatic heterocycles. The minimum absolute atomic E-state index is 0.436. The van der Waals surface area contributed by atoms with E-state index < -0.39 is 11.7 Å². The molecule has 2 nitrogen and oxygen atoms in total. The number of benzene rings is 1. The van der Waals surface area contributed by atoms with Crippen molar-refractivity contribution in [1.82, 2.24) is 9.78 Å². The van der Waals surface area contributed by atoms with Crippen LogP contribution in [0.3, 0.4) is 0 Å². The second-order valence-corrected chi connectivity index (χ2v) is 4.32. The molecule has 0 N–H and O–H groups in total. The van der Waals surface area contributed by atoms with Gasteiger partial charge in [0.15, 0.2) is 0 Å². The van der Waals surface area contributed by atoms with E-state index in [-0.39, 0.29) is 0 Å². The first kappa shape index (κ1) is 12.2. The summed E-state index contributed by atoms with van der Waals surface area (Å²) in [6, 6.07) is 6.83. The highest BCUT2D eigenvalue weighted by atomic mass is 79.9. The Bertz CT molecular complexity index is 502. The average Bonchev–Trinajstić information content (AvgIpc) is 2.64. The summed E-state index contributed by atoms with van der Waals surface area (Å²) in [7, 11) is 0. The summed E-state index contributed by atoms with van der Waals surface area (Å²) >= 11 is 3.29. The number of hydrogen-bond acceptors (Lipinski definition) is 1. The van der Waals surface area contributed by atoms with E-state index in [1.807, 2.05) is 0 Å². The molecule has 0 aliphatic carbocycles. The van der Waals surface area contributed by atoms with Gasteiger partial charge in [0.05, 0.1) is 18.3 Å². The predicted octanol–water partition coefficient (Wildman–Crippen LogP) is 3.71. The predicted molar refractivity (Wildman–Crippen MR) is 60.5 cm³/mol. The fourth-order valence-electron chi connectivity index (χ4n) is 1.40. The molecule has 0 saturated heterocycles. The number of aromatic nitrogens is 2. The fraction of sp³-hybridized carbons (Fsp3) is 0.182. The summed E-state index contributed by atoms with van der Waals surface area (Å²) in [6.07, 6.45) is -2.67. The van der Waals surface area contributed by atoms with Crippen molar-refractivity contribution in [2.24, 2.45) is 0 Å². The highest BCUT2D eigenvalue weighted by molar-refractivity contribution is 9.10. The molecule has 0 amide bonds. The van der Waals surface area contributed by atoms with Crippen LogP contribution in [0, 0.1) is 0 Å². The SMILES string of the molecule is FC(F)(F)c1ccc(Cn2nccc2Br)cc1. The molecule has 6 heteroatoms. The molecular formula is C11H8BrF3N2. The molecule has 0 fully saturated rings. The average molecular weight is 305 g/mol. The normalized spacial score (nSPS) is 11.8. The first-order chi connectivity index (χ1) is 7.97. The van der Waals surface area contributed by atoms with Gasteiger partial charge in [-0.1, -0.05) is 12.1 Å². The van der Waals surface area contributed by atoms with Gasteiger partial charge in [0.2, 0.25) is 0 Å². The van der Waals surface area contributed by atoms with Crippen LogP contribution in [-0.4, -0.2) is 9.78 Å². The maximum absolute atomic E-state index is 12.3. The monoisotopic (exact) mass is 304 g/mol. The quantitative estimate of drug-likeness (QED) is 0.827. The van der Waals surface area contributed by atoms with Crippen LogP contribution in [0.5, 0.6) is 0 Å². The van der Waals surface area contributed by atoms with Crippen molar-refractivity contribution in [1.29, 1.82) is 0 Å². The summed E-state index contributed by atoms with van der Waals surface area (Å²) in [5.41, 5.74) is 0.128. The van der Waals surface area contributed by atoms with Crippen LogP contribution >= 0.6 is 15.9 Å². The molecule has 2 aromatic rings. The van der Waals surface area contributed by atoms with E-state index in [0.29, 0.717) is 6.54 Å². The summed E-state index contributed by atoms with van der Waals surface area (Å²) in [4.78, 5) is 0. The zero-order valence-corrected chi connectivity index (χ0v) is 10.2. The zero-order chi connectivity index (χ0) is 12.5. The van der Waals surface area contributed by atoms with Gasteiger partial charge in [0.1, 0.15) is 4.60 Å². The van der Waals surface area contributed by atoms with E-state index in [9.17, 15) is 13.2 Å². The van der Waals surface area contributed by atoms with Gasteiger partial charge in [0, 0.05) is 0 Å². The zero-order valence-electron chi connectivity index (χ0n) is 8.58. The molecule has 1 heterocycles. The van der Waals surface area contributed by atoms with E-state index in [2.05, 4.69) is 21.0 Å². The molecule has 0 spiro atoms. The third kappa shape index (κ3) is 2.88. The van der Waals surface area contributed by atoms with Gasteiger partial charge in [-0.2, -0.15) is 18.3 Å². The minimum atomic E-state index is -4.29. The Kier molecular flexibility index (Phi) is 3.24. The maximum Gasteiger partial charge on any atom is 0.416 e. The number of nitrogens with zero attached hydrogens (tertiary/aromatic N) is 2. The Balaban J connectivity index is 2.17. The number of hydrogen-bond donors (Lipinski definition) is 0. The van der Waals surface area contributed by atoms with Crippen LogP contribution in [0.15, 0.2) is 41.1 Å². The van der Waals surface area contributed by atoms with Gasteiger partial charge in [-0.25, -0.2) is 0 Å². The molecule has 0 aliphatic rings. The van der Waals surface area contributed by atoms with Gasteiger partial charge in [-0.05, 0) is 39.7 Å². The van der Waals surface area contributed by atoms with E-state index in [0.717, 1.165) is 22.3 Å². The van der Waals surface area contributed by atoms with Gasteiger partial charge in [-0.15, -0.1) is 0 Å². The van der Waals surface area contributed by atoms with Crippen LogP contribution in [0.25, 0.3) is 0 Å². The number of alkyl halides is 3. The highest BCUT2D eigenvalue weighted by Gasteiger charge is 2.29. The van der Waals surface area contributed by atoms with Gasteiger partial charge >= 0.3 is 6.18 Å². The van der Waals surface area contributed by atoms with Gasteiger partial charge in [0.25, 0.3) is 0 Å².